The molecule has 1 rings (SSSR count). The average Bonchev–Trinajstić information content (AvgIpc) is 2.34. The minimum absolute atomic E-state index is 0.142. The van der Waals surface area contributed by atoms with E-state index in [2.05, 4.69) is 27.8 Å². The van der Waals surface area contributed by atoms with Crippen LogP contribution < -0.4 is 10.6 Å². The summed E-state index contributed by atoms with van der Waals surface area (Å²) in [5.41, 5.74) is 0.354. The molecule has 0 spiro atoms. The van der Waals surface area contributed by atoms with Gasteiger partial charge in [0.2, 0.25) is 0 Å². The molecule has 0 unspecified atom stereocenters. The molecule has 0 aliphatic rings. The Morgan fingerprint density at radius 3 is 2.59 bits per heavy atom. The molecule has 0 aromatic carbocycles. The fourth-order valence-electron chi connectivity index (χ4n) is 1.23. The summed E-state index contributed by atoms with van der Waals surface area (Å²) in [6.07, 6.45) is 0. The van der Waals surface area contributed by atoms with E-state index in [9.17, 15) is 4.79 Å². The fraction of sp³-hybridized carbons (Fsp3) is 0.545. The van der Waals surface area contributed by atoms with Crippen LogP contribution in [0.2, 0.25) is 0 Å². The predicted molar refractivity (Wildman–Crippen MR) is 67.1 cm³/mol. The maximum atomic E-state index is 11.5. The van der Waals surface area contributed by atoms with Crippen molar-refractivity contribution in [3.05, 3.63) is 17.8 Å². The Hall–Kier alpha value is -1.69. The van der Waals surface area contributed by atoms with E-state index in [-0.39, 0.29) is 5.91 Å². The van der Waals surface area contributed by atoms with Gasteiger partial charge in [0.1, 0.15) is 5.82 Å². The minimum atomic E-state index is -0.142. The summed E-state index contributed by atoms with van der Waals surface area (Å²) in [4.78, 5) is 13.0. The smallest absolute Gasteiger partial charge is 0.273 e. The summed E-state index contributed by atoms with van der Waals surface area (Å²) in [6, 6.07) is 3.43. The summed E-state index contributed by atoms with van der Waals surface area (Å²) in [7, 11) is 3.37. The first-order chi connectivity index (χ1) is 8.15. The van der Waals surface area contributed by atoms with Gasteiger partial charge in [-0.2, -0.15) is 0 Å². The Kier molecular flexibility index (Phi) is 5.35. The van der Waals surface area contributed by atoms with E-state index in [1.54, 1.807) is 26.2 Å². The molecule has 0 bridgehead atoms. The van der Waals surface area contributed by atoms with Gasteiger partial charge in [0.15, 0.2) is 5.69 Å². The van der Waals surface area contributed by atoms with Gasteiger partial charge in [-0.25, -0.2) is 0 Å². The number of aromatic nitrogens is 2. The molecule has 1 amide bonds. The Bertz CT molecular complexity index is 349. The van der Waals surface area contributed by atoms with Crippen molar-refractivity contribution in [2.24, 2.45) is 0 Å². The second-order valence-corrected chi connectivity index (χ2v) is 3.78. The second kappa shape index (κ2) is 6.80. The standard InChI is InChI=1S/C11H19N5O/c1-4-12-7-8-13-10-6-5-9(14-15-10)11(17)16(2)3/h5-6,12H,4,7-8H2,1-3H3,(H,13,15). The van der Waals surface area contributed by atoms with E-state index >= 15 is 0 Å². The Balaban J connectivity index is 2.47. The SMILES string of the molecule is CCNCCNc1ccc(C(=O)N(C)C)nn1. The van der Waals surface area contributed by atoms with Gasteiger partial charge in [-0.3, -0.25) is 4.79 Å². The molecule has 0 aliphatic heterocycles. The molecule has 6 heteroatoms. The van der Waals surface area contributed by atoms with E-state index in [0.29, 0.717) is 11.5 Å². The van der Waals surface area contributed by atoms with Crippen molar-refractivity contribution in [3.8, 4) is 0 Å². The molecule has 1 aromatic heterocycles. The average molecular weight is 237 g/mol. The van der Waals surface area contributed by atoms with E-state index in [4.69, 9.17) is 0 Å². The Morgan fingerprint density at radius 1 is 1.29 bits per heavy atom. The number of nitrogens with zero attached hydrogens (tertiary/aromatic N) is 3. The van der Waals surface area contributed by atoms with Crippen LogP contribution in [0.25, 0.3) is 0 Å². The van der Waals surface area contributed by atoms with Crippen LogP contribution >= 0.6 is 0 Å². The van der Waals surface area contributed by atoms with Gasteiger partial charge in [0, 0.05) is 27.2 Å². The van der Waals surface area contributed by atoms with Gasteiger partial charge in [0.25, 0.3) is 5.91 Å². The highest BCUT2D eigenvalue weighted by atomic mass is 16.2. The van der Waals surface area contributed by atoms with Crippen molar-refractivity contribution in [1.82, 2.24) is 20.4 Å². The van der Waals surface area contributed by atoms with Gasteiger partial charge in [-0.15, -0.1) is 10.2 Å². The zero-order chi connectivity index (χ0) is 12.7. The lowest BCUT2D eigenvalue weighted by Gasteiger charge is -2.09. The van der Waals surface area contributed by atoms with Crippen molar-refractivity contribution >= 4 is 11.7 Å². The number of hydrogen-bond donors (Lipinski definition) is 2. The van der Waals surface area contributed by atoms with Crippen LogP contribution in [0.15, 0.2) is 12.1 Å². The van der Waals surface area contributed by atoms with Crippen molar-refractivity contribution in [2.75, 3.05) is 39.0 Å². The summed E-state index contributed by atoms with van der Waals surface area (Å²) >= 11 is 0. The third-order valence-electron chi connectivity index (χ3n) is 2.15. The first-order valence-corrected chi connectivity index (χ1v) is 5.65. The van der Waals surface area contributed by atoms with Crippen molar-refractivity contribution in [3.63, 3.8) is 0 Å². The van der Waals surface area contributed by atoms with Crippen molar-refractivity contribution < 1.29 is 4.79 Å². The third kappa shape index (κ3) is 4.36. The summed E-state index contributed by atoms with van der Waals surface area (Å²) in [5.74, 6) is 0.537. The molecule has 6 nitrogen and oxygen atoms in total. The first kappa shape index (κ1) is 13.4. The third-order valence-corrected chi connectivity index (χ3v) is 2.15. The number of rotatable bonds is 6. The van der Waals surface area contributed by atoms with Crippen LogP contribution in [-0.2, 0) is 0 Å². The zero-order valence-electron chi connectivity index (χ0n) is 10.5. The molecule has 0 saturated heterocycles. The Labute approximate surface area is 101 Å². The normalized spacial score (nSPS) is 10.1. The fourth-order valence-corrected chi connectivity index (χ4v) is 1.23. The molecule has 0 fully saturated rings. The van der Waals surface area contributed by atoms with Gasteiger partial charge in [-0.1, -0.05) is 6.92 Å². The van der Waals surface area contributed by atoms with E-state index in [1.807, 2.05) is 0 Å². The van der Waals surface area contributed by atoms with E-state index < -0.39 is 0 Å². The molecular formula is C11H19N5O. The highest BCUT2D eigenvalue weighted by Crippen LogP contribution is 2.02. The molecule has 0 radical (unpaired) electrons. The van der Waals surface area contributed by atoms with Crippen LogP contribution in [0.5, 0.6) is 0 Å². The minimum Gasteiger partial charge on any atom is -0.367 e. The number of carbonyl (C=O) groups is 1. The molecule has 0 atom stereocenters. The second-order valence-electron chi connectivity index (χ2n) is 3.78. The van der Waals surface area contributed by atoms with E-state index in [0.717, 1.165) is 19.6 Å². The van der Waals surface area contributed by atoms with Gasteiger partial charge in [-0.05, 0) is 18.7 Å². The molecule has 1 aromatic rings. The molecule has 1 heterocycles. The number of amides is 1. The summed E-state index contributed by atoms with van der Waals surface area (Å²) in [5, 5.41) is 14.1. The predicted octanol–water partition coefficient (Wildman–Crippen LogP) is 0.200. The molecule has 0 aliphatic carbocycles. The monoisotopic (exact) mass is 237 g/mol. The topological polar surface area (TPSA) is 70.2 Å². The lowest BCUT2D eigenvalue weighted by molar-refractivity contribution is 0.0821. The lowest BCUT2D eigenvalue weighted by Crippen LogP contribution is -2.24. The van der Waals surface area contributed by atoms with Crippen LogP contribution in [0.3, 0.4) is 0 Å². The maximum absolute atomic E-state index is 11.5. The number of likely N-dealkylation sites (N-methyl/N-ethyl adjacent to an activating group) is 1. The highest BCUT2D eigenvalue weighted by molar-refractivity contribution is 5.91. The number of nitrogens with one attached hydrogen (secondary N) is 2. The van der Waals surface area contributed by atoms with Crippen molar-refractivity contribution in [2.45, 2.75) is 6.92 Å². The number of anilines is 1. The molecule has 2 N–H and O–H groups in total. The molecule has 17 heavy (non-hydrogen) atoms. The lowest BCUT2D eigenvalue weighted by atomic mass is 10.3. The van der Waals surface area contributed by atoms with Crippen LogP contribution in [-0.4, -0.2) is 54.7 Å². The molecule has 94 valence electrons. The van der Waals surface area contributed by atoms with Crippen molar-refractivity contribution in [1.29, 1.82) is 0 Å². The quantitative estimate of drug-likeness (QED) is 0.692. The van der Waals surface area contributed by atoms with Crippen LogP contribution in [0.1, 0.15) is 17.4 Å². The van der Waals surface area contributed by atoms with Gasteiger partial charge in [0.05, 0.1) is 0 Å². The number of carbonyl (C=O) groups excluding carboxylic acids is 1. The molecule has 0 saturated carbocycles. The summed E-state index contributed by atoms with van der Waals surface area (Å²) in [6.45, 7) is 4.66. The zero-order valence-corrected chi connectivity index (χ0v) is 10.5. The first-order valence-electron chi connectivity index (χ1n) is 5.65. The number of hydrogen-bond acceptors (Lipinski definition) is 5. The van der Waals surface area contributed by atoms with Gasteiger partial charge < -0.3 is 15.5 Å². The maximum Gasteiger partial charge on any atom is 0.273 e. The van der Waals surface area contributed by atoms with Crippen LogP contribution in [0, 0.1) is 0 Å². The highest BCUT2D eigenvalue weighted by Gasteiger charge is 2.09. The molecular weight excluding hydrogens is 218 g/mol. The Morgan fingerprint density at radius 2 is 2.06 bits per heavy atom. The summed E-state index contributed by atoms with van der Waals surface area (Å²) < 4.78 is 0. The van der Waals surface area contributed by atoms with Gasteiger partial charge >= 0.3 is 0 Å². The largest absolute Gasteiger partial charge is 0.367 e. The van der Waals surface area contributed by atoms with E-state index in [1.165, 1.54) is 4.90 Å². The van der Waals surface area contributed by atoms with Crippen LogP contribution in [0.4, 0.5) is 5.82 Å².